The van der Waals surface area contributed by atoms with Crippen molar-refractivity contribution in [2.45, 2.75) is 136 Å². The van der Waals surface area contributed by atoms with E-state index in [2.05, 4.69) is 31.4 Å². The molecule has 0 saturated heterocycles. The van der Waals surface area contributed by atoms with Crippen molar-refractivity contribution in [3.05, 3.63) is 0 Å². The van der Waals surface area contributed by atoms with Gasteiger partial charge >= 0.3 is 0 Å². The molecule has 0 aliphatic rings. The summed E-state index contributed by atoms with van der Waals surface area (Å²) in [5.41, 5.74) is 0. The van der Waals surface area contributed by atoms with E-state index in [1.165, 1.54) is 89.9 Å². The van der Waals surface area contributed by atoms with Gasteiger partial charge in [-0.25, -0.2) is 0 Å². The zero-order valence-electron chi connectivity index (χ0n) is 20.9. The standard InChI is InChI=1S/C26H56N2O2/c1-4-7-8-9-10-11-12-13-14-15-16-17-18-19-22-30-24-26(6-3)28-21-20-27-25(5-2)23-29/h25-29H,4-24H2,1-3H3/t25-,26-/m0/s1. The van der Waals surface area contributed by atoms with Gasteiger partial charge in [0, 0.05) is 31.8 Å². The Balaban J connectivity index is 3.29. The highest BCUT2D eigenvalue weighted by atomic mass is 16.5. The molecular weight excluding hydrogens is 372 g/mol. The Kier molecular flexibility index (Phi) is 25.0. The number of hydrogen-bond donors (Lipinski definition) is 3. The summed E-state index contributed by atoms with van der Waals surface area (Å²) in [7, 11) is 0. The molecule has 0 aliphatic heterocycles. The summed E-state index contributed by atoms with van der Waals surface area (Å²) in [6.45, 7) is 10.4. The molecule has 3 N–H and O–H groups in total. The fraction of sp³-hybridized carbons (Fsp3) is 1.00. The van der Waals surface area contributed by atoms with Crippen LogP contribution < -0.4 is 10.6 Å². The van der Waals surface area contributed by atoms with Crippen molar-refractivity contribution in [1.29, 1.82) is 0 Å². The van der Waals surface area contributed by atoms with Crippen molar-refractivity contribution < 1.29 is 9.84 Å². The van der Waals surface area contributed by atoms with Crippen molar-refractivity contribution in [1.82, 2.24) is 10.6 Å². The third-order valence-electron chi connectivity index (χ3n) is 6.16. The molecule has 4 nitrogen and oxygen atoms in total. The lowest BCUT2D eigenvalue weighted by atomic mass is 10.0. The second-order valence-corrected chi connectivity index (χ2v) is 8.97. The van der Waals surface area contributed by atoms with Gasteiger partial charge in [0.25, 0.3) is 0 Å². The fourth-order valence-corrected chi connectivity index (χ4v) is 3.84. The smallest absolute Gasteiger partial charge is 0.0619 e. The average Bonchev–Trinajstić information content (AvgIpc) is 2.77. The van der Waals surface area contributed by atoms with Crippen molar-refractivity contribution in [3.63, 3.8) is 0 Å². The largest absolute Gasteiger partial charge is 0.395 e. The van der Waals surface area contributed by atoms with Crippen LogP contribution in [-0.2, 0) is 4.74 Å². The molecule has 182 valence electrons. The van der Waals surface area contributed by atoms with Crippen LogP contribution in [0.3, 0.4) is 0 Å². The molecule has 2 atom stereocenters. The molecule has 4 heteroatoms. The van der Waals surface area contributed by atoms with E-state index >= 15 is 0 Å². The first-order valence-corrected chi connectivity index (χ1v) is 13.4. The zero-order chi connectivity index (χ0) is 22.1. The highest BCUT2D eigenvalue weighted by Crippen LogP contribution is 2.13. The van der Waals surface area contributed by atoms with Crippen LogP contribution in [0.1, 0.15) is 124 Å². The summed E-state index contributed by atoms with van der Waals surface area (Å²) in [5, 5.41) is 16.1. The van der Waals surface area contributed by atoms with Gasteiger partial charge in [-0.3, -0.25) is 0 Å². The van der Waals surface area contributed by atoms with E-state index in [4.69, 9.17) is 4.74 Å². The van der Waals surface area contributed by atoms with Gasteiger partial charge in [0.15, 0.2) is 0 Å². The lowest BCUT2D eigenvalue weighted by Crippen LogP contribution is -2.41. The molecule has 0 radical (unpaired) electrons. The first kappa shape index (κ1) is 29.8. The minimum absolute atomic E-state index is 0.218. The van der Waals surface area contributed by atoms with E-state index in [-0.39, 0.29) is 12.6 Å². The van der Waals surface area contributed by atoms with Gasteiger partial charge in [0.05, 0.1) is 13.2 Å². The van der Waals surface area contributed by atoms with Gasteiger partial charge in [0.2, 0.25) is 0 Å². The fourth-order valence-electron chi connectivity index (χ4n) is 3.84. The van der Waals surface area contributed by atoms with E-state index < -0.39 is 0 Å². The van der Waals surface area contributed by atoms with Crippen LogP contribution in [0.25, 0.3) is 0 Å². The molecule has 0 aliphatic carbocycles. The molecule has 0 rings (SSSR count). The summed E-state index contributed by atoms with van der Waals surface area (Å²) in [6.07, 6.45) is 21.6. The lowest BCUT2D eigenvalue weighted by Gasteiger charge is -2.19. The number of nitrogens with one attached hydrogen (secondary N) is 2. The molecule has 0 bridgehead atoms. The van der Waals surface area contributed by atoms with Crippen LogP contribution in [0.5, 0.6) is 0 Å². The Bertz CT molecular complexity index is 311. The van der Waals surface area contributed by atoms with Gasteiger partial charge in [-0.2, -0.15) is 0 Å². The number of aliphatic hydroxyl groups is 1. The van der Waals surface area contributed by atoms with E-state index in [1.54, 1.807) is 0 Å². The summed E-state index contributed by atoms with van der Waals surface area (Å²) < 4.78 is 5.89. The Morgan fingerprint density at radius 3 is 1.47 bits per heavy atom. The van der Waals surface area contributed by atoms with Gasteiger partial charge in [-0.15, -0.1) is 0 Å². The SMILES string of the molecule is CCCCCCCCCCCCCCCCOC[C@H](CC)NCCN[C@@H](CC)CO. The lowest BCUT2D eigenvalue weighted by molar-refractivity contribution is 0.106. The molecule has 0 fully saturated rings. The third kappa shape index (κ3) is 21.1. The highest BCUT2D eigenvalue weighted by molar-refractivity contribution is 4.68. The maximum Gasteiger partial charge on any atom is 0.0619 e. The van der Waals surface area contributed by atoms with E-state index in [0.717, 1.165) is 39.1 Å². The Morgan fingerprint density at radius 1 is 0.600 bits per heavy atom. The first-order valence-electron chi connectivity index (χ1n) is 13.4. The summed E-state index contributed by atoms with van der Waals surface area (Å²) >= 11 is 0. The molecule has 0 unspecified atom stereocenters. The monoisotopic (exact) mass is 428 g/mol. The van der Waals surface area contributed by atoms with E-state index in [9.17, 15) is 5.11 Å². The van der Waals surface area contributed by atoms with Crippen LogP contribution in [-0.4, -0.2) is 50.1 Å². The minimum atomic E-state index is 0.218. The maximum atomic E-state index is 9.19. The van der Waals surface area contributed by atoms with Crippen molar-refractivity contribution in [2.24, 2.45) is 0 Å². The quantitative estimate of drug-likeness (QED) is 0.151. The van der Waals surface area contributed by atoms with Gasteiger partial charge in [-0.1, -0.05) is 104 Å². The van der Waals surface area contributed by atoms with Crippen LogP contribution >= 0.6 is 0 Å². The van der Waals surface area contributed by atoms with Crippen molar-refractivity contribution >= 4 is 0 Å². The van der Waals surface area contributed by atoms with Crippen LogP contribution in [0.15, 0.2) is 0 Å². The molecule has 0 amide bonds. The maximum absolute atomic E-state index is 9.19. The van der Waals surface area contributed by atoms with Crippen LogP contribution in [0.4, 0.5) is 0 Å². The average molecular weight is 429 g/mol. The van der Waals surface area contributed by atoms with E-state index in [0.29, 0.717) is 6.04 Å². The number of ether oxygens (including phenoxy) is 1. The molecule has 0 aromatic rings. The molecule has 30 heavy (non-hydrogen) atoms. The topological polar surface area (TPSA) is 53.5 Å². The van der Waals surface area contributed by atoms with E-state index in [1.807, 2.05) is 0 Å². The molecular formula is C26H56N2O2. The number of rotatable bonds is 25. The van der Waals surface area contributed by atoms with Gasteiger partial charge in [-0.05, 0) is 19.3 Å². The van der Waals surface area contributed by atoms with Crippen molar-refractivity contribution in [2.75, 3.05) is 32.9 Å². The minimum Gasteiger partial charge on any atom is -0.395 e. The second kappa shape index (κ2) is 25.1. The zero-order valence-corrected chi connectivity index (χ0v) is 20.9. The Morgan fingerprint density at radius 2 is 1.03 bits per heavy atom. The van der Waals surface area contributed by atoms with Crippen LogP contribution in [0, 0.1) is 0 Å². The van der Waals surface area contributed by atoms with Crippen LogP contribution in [0.2, 0.25) is 0 Å². The number of unbranched alkanes of at least 4 members (excludes halogenated alkanes) is 13. The molecule has 0 aromatic carbocycles. The molecule has 0 aromatic heterocycles. The normalized spacial score (nSPS) is 13.6. The summed E-state index contributed by atoms with van der Waals surface area (Å²) in [5.74, 6) is 0. The molecule has 0 spiro atoms. The number of aliphatic hydroxyl groups excluding tert-OH is 1. The summed E-state index contributed by atoms with van der Waals surface area (Å²) in [4.78, 5) is 0. The second-order valence-electron chi connectivity index (χ2n) is 8.97. The molecule has 0 heterocycles. The Labute approximate surface area is 189 Å². The number of hydrogen-bond acceptors (Lipinski definition) is 4. The first-order chi connectivity index (χ1) is 14.8. The van der Waals surface area contributed by atoms with Gasteiger partial charge < -0.3 is 20.5 Å². The van der Waals surface area contributed by atoms with Crippen molar-refractivity contribution in [3.8, 4) is 0 Å². The molecule has 0 saturated carbocycles. The predicted molar refractivity (Wildman–Crippen MR) is 132 cm³/mol. The van der Waals surface area contributed by atoms with Gasteiger partial charge in [0.1, 0.15) is 0 Å². The predicted octanol–water partition coefficient (Wildman–Crippen LogP) is 6.21. The summed E-state index contributed by atoms with van der Waals surface area (Å²) in [6, 6.07) is 0.663. The Hall–Kier alpha value is -0.160. The third-order valence-corrected chi connectivity index (χ3v) is 6.16. The highest BCUT2D eigenvalue weighted by Gasteiger charge is 2.06.